The van der Waals surface area contributed by atoms with Crippen LogP contribution in [0.5, 0.6) is 0 Å². The molecular weight excluding hydrogens is 320 g/mol. The van der Waals surface area contributed by atoms with Gasteiger partial charge in [-0.1, -0.05) is 45.1 Å². The molecule has 0 saturated heterocycles. The molecule has 0 aliphatic carbocycles. The fourth-order valence-corrected chi connectivity index (χ4v) is 3.55. The van der Waals surface area contributed by atoms with Gasteiger partial charge in [0.25, 0.3) is 0 Å². The van der Waals surface area contributed by atoms with Gasteiger partial charge in [0, 0.05) is 6.10 Å². The molecule has 0 rings (SSSR count). The third-order valence-electron chi connectivity index (χ3n) is 4.70. The topological polar surface area (TPSA) is 55.8 Å². The summed E-state index contributed by atoms with van der Waals surface area (Å²) in [5.41, 5.74) is 1.23. The number of aliphatic hydroxyl groups excluding tert-OH is 1. The number of ether oxygens (including phenoxy) is 1. The maximum atomic E-state index is 11.4. The number of aliphatic hydroxyl groups is 1. The molecule has 2 atom stereocenters. The molecule has 0 aromatic heterocycles. The maximum Gasteiger partial charge on any atom is 0.308 e. The molecule has 24 heavy (non-hydrogen) atoms. The number of carbonyl (C=O) groups excluding carboxylic acids is 1. The van der Waals surface area contributed by atoms with Crippen LogP contribution in [-0.2, 0) is 14.0 Å². The lowest BCUT2D eigenvalue weighted by Gasteiger charge is -2.40. The second-order valence-corrected chi connectivity index (χ2v) is 12.7. The minimum Gasteiger partial charge on any atom is -0.469 e. The van der Waals surface area contributed by atoms with E-state index in [1.165, 1.54) is 12.7 Å². The van der Waals surface area contributed by atoms with Gasteiger partial charge in [-0.3, -0.25) is 4.79 Å². The lowest BCUT2D eigenvalue weighted by Crippen LogP contribution is -2.44. The van der Waals surface area contributed by atoms with E-state index in [0.717, 1.165) is 12.8 Å². The lowest BCUT2D eigenvalue weighted by molar-refractivity contribution is -0.143. The molecule has 0 saturated carbocycles. The largest absolute Gasteiger partial charge is 0.469 e. The van der Waals surface area contributed by atoms with E-state index in [2.05, 4.69) is 52.1 Å². The van der Waals surface area contributed by atoms with Crippen LogP contribution in [-0.4, -0.2) is 38.7 Å². The van der Waals surface area contributed by atoms with Gasteiger partial charge in [0.2, 0.25) is 0 Å². The summed E-state index contributed by atoms with van der Waals surface area (Å²) < 4.78 is 11.1. The first-order valence-corrected chi connectivity index (χ1v) is 11.5. The van der Waals surface area contributed by atoms with Crippen molar-refractivity contribution >= 4 is 14.3 Å². The molecule has 1 N–H and O–H groups in total. The Morgan fingerprint density at radius 1 is 1.33 bits per heavy atom. The molecule has 140 valence electrons. The predicted molar refractivity (Wildman–Crippen MR) is 103 cm³/mol. The van der Waals surface area contributed by atoms with Crippen LogP contribution in [0.4, 0.5) is 0 Å². The highest BCUT2D eigenvalue weighted by Gasteiger charge is 2.39. The Balaban J connectivity index is 4.98. The lowest BCUT2D eigenvalue weighted by atomic mass is 10.0. The van der Waals surface area contributed by atoms with Crippen LogP contribution in [0.1, 0.15) is 53.4 Å². The first-order chi connectivity index (χ1) is 10.9. The summed E-state index contributed by atoms with van der Waals surface area (Å²) in [7, 11) is -0.605. The summed E-state index contributed by atoms with van der Waals surface area (Å²) in [5, 5.41) is 10.3. The van der Waals surface area contributed by atoms with Crippen molar-refractivity contribution in [1.29, 1.82) is 0 Å². The smallest absolute Gasteiger partial charge is 0.308 e. The van der Waals surface area contributed by atoms with E-state index in [-0.39, 0.29) is 17.6 Å². The van der Waals surface area contributed by atoms with Gasteiger partial charge in [-0.25, -0.2) is 0 Å². The zero-order valence-corrected chi connectivity index (χ0v) is 17.5. The van der Waals surface area contributed by atoms with Crippen LogP contribution in [0.25, 0.3) is 0 Å². The quantitative estimate of drug-likeness (QED) is 0.353. The standard InChI is InChI=1S/C19H36O4Si/c1-9-10-15(2)11-12-17(13-16(20)14-18(21)22-6)23-24(7,8)19(3,4)5/h9-10,16-17,20H,1,11-14H2,2-8H3/b15-10+/t16-,17+/m1/s1. The van der Waals surface area contributed by atoms with Gasteiger partial charge < -0.3 is 14.3 Å². The summed E-state index contributed by atoms with van der Waals surface area (Å²) in [5.74, 6) is -0.392. The van der Waals surface area contributed by atoms with Gasteiger partial charge in [0.1, 0.15) is 0 Å². The molecule has 4 nitrogen and oxygen atoms in total. The summed E-state index contributed by atoms with van der Waals surface area (Å²) in [6.45, 7) is 16.8. The first kappa shape index (κ1) is 23.1. The monoisotopic (exact) mass is 356 g/mol. The molecule has 0 spiro atoms. The van der Waals surface area contributed by atoms with Crippen molar-refractivity contribution in [2.75, 3.05) is 7.11 Å². The second-order valence-electron chi connectivity index (χ2n) is 7.96. The van der Waals surface area contributed by atoms with Gasteiger partial charge in [-0.15, -0.1) is 0 Å². The zero-order valence-electron chi connectivity index (χ0n) is 16.5. The van der Waals surface area contributed by atoms with Gasteiger partial charge in [0.15, 0.2) is 8.32 Å². The molecule has 0 aromatic carbocycles. The summed E-state index contributed by atoms with van der Waals surface area (Å²) in [4.78, 5) is 11.4. The summed E-state index contributed by atoms with van der Waals surface area (Å²) in [6, 6.07) is 0. The number of methoxy groups -OCH3 is 1. The summed E-state index contributed by atoms with van der Waals surface area (Å²) in [6.07, 6.45) is 5.13. The molecule has 0 aromatic rings. The van der Waals surface area contributed by atoms with Gasteiger partial charge in [-0.2, -0.15) is 0 Å². The van der Waals surface area contributed by atoms with E-state index in [1.54, 1.807) is 6.08 Å². The van der Waals surface area contributed by atoms with E-state index in [4.69, 9.17) is 4.43 Å². The van der Waals surface area contributed by atoms with Crippen LogP contribution < -0.4 is 0 Å². The Morgan fingerprint density at radius 3 is 2.38 bits per heavy atom. The van der Waals surface area contributed by atoms with Crippen molar-refractivity contribution in [2.45, 2.75) is 83.7 Å². The van der Waals surface area contributed by atoms with E-state index in [0.29, 0.717) is 6.42 Å². The average Bonchev–Trinajstić information content (AvgIpc) is 2.43. The minimum absolute atomic E-state index is 0.00927. The van der Waals surface area contributed by atoms with Crippen molar-refractivity contribution in [3.63, 3.8) is 0 Å². The molecule has 0 radical (unpaired) electrons. The Morgan fingerprint density at radius 2 is 1.92 bits per heavy atom. The minimum atomic E-state index is -1.94. The molecule has 5 heteroatoms. The Hall–Kier alpha value is -0.913. The fraction of sp³-hybridized carbons (Fsp3) is 0.737. The van der Waals surface area contributed by atoms with E-state index in [9.17, 15) is 9.90 Å². The highest BCUT2D eigenvalue weighted by molar-refractivity contribution is 6.74. The third kappa shape index (κ3) is 8.80. The van der Waals surface area contributed by atoms with Crippen LogP contribution in [0, 0.1) is 0 Å². The number of rotatable bonds is 10. The number of esters is 1. The molecule has 0 aliphatic heterocycles. The maximum absolute atomic E-state index is 11.4. The van der Waals surface area contributed by atoms with Gasteiger partial charge in [0.05, 0.1) is 19.6 Å². The molecular formula is C19H36O4Si. The van der Waals surface area contributed by atoms with Gasteiger partial charge >= 0.3 is 5.97 Å². The zero-order chi connectivity index (χ0) is 19.0. The molecule has 0 aliphatic rings. The van der Waals surface area contributed by atoms with Gasteiger partial charge in [-0.05, 0) is 44.3 Å². The molecule has 0 amide bonds. The average molecular weight is 357 g/mol. The number of hydrogen-bond donors (Lipinski definition) is 1. The normalized spacial score (nSPS) is 15.8. The third-order valence-corrected chi connectivity index (χ3v) is 9.23. The van der Waals surface area contributed by atoms with Crippen LogP contribution in [0.2, 0.25) is 18.1 Å². The number of allylic oxidation sites excluding steroid dienone is 3. The fourth-order valence-electron chi connectivity index (χ4n) is 2.15. The van der Waals surface area contributed by atoms with E-state index < -0.39 is 20.4 Å². The highest BCUT2D eigenvalue weighted by atomic mass is 28.4. The van der Waals surface area contributed by atoms with Crippen LogP contribution >= 0.6 is 0 Å². The van der Waals surface area contributed by atoms with E-state index >= 15 is 0 Å². The molecule has 0 heterocycles. The molecule has 0 unspecified atom stereocenters. The first-order valence-electron chi connectivity index (χ1n) is 8.63. The predicted octanol–water partition coefficient (Wildman–Crippen LogP) is 4.60. The SMILES string of the molecule is C=C/C=C(\C)CC[C@@H](C[C@@H](O)CC(=O)OC)O[Si](C)(C)C(C)(C)C. The Labute approximate surface area is 149 Å². The van der Waals surface area contributed by atoms with Crippen molar-refractivity contribution in [3.8, 4) is 0 Å². The molecule has 0 bridgehead atoms. The Bertz CT molecular complexity index is 435. The van der Waals surface area contributed by atoms with E-state index in [1.807, 2.05) is 6.08 Å². The summed E-state index contributed by atoms with van der Waals surface area (Å²) >= 11 is 0. The Kier molecular flexibility index (Phi) is 9.78. The van der Waals surface area contributed by atoms with Crippen LogP contribution in [0.3, 0.4) is 0 Å². The second kappa shape index (κ2) is 10.2. The van der Waals surface area contributed by atoms with Crippen LogP contribution in [0.15, 0.2) is 24.3 Å². The van der Waals surface area contributed by atoms with Crippen molar-refractivity contribution < 1.29 is 19.1 Å². The van der Waals surface area contributed by atoms with Crippen molar-refractivity contribution in [3.05, 3.63) is 24.3 Å². The number of hydrogen-bond acceptors (Lipinski definition) is 4. The highest BCUT2D eigenvalue weighted by Crippen LogP contribution is 2.38. The number of carbonyl (C=O) groups is 1. The van der Waals surface area contributed by atoms with Crippen molar-refractivity contribution in [1.82, 2.24) is 0 Å². The van der Waals surface area contributed by atoms with Crippen molar-refractivity contribution in [2.24, 2.45) is 0 Å². The molecule has 0 fully saturated rings.